The number of carbonyl (C=O) groups is 2. The summed E-state index contributed by atoms with van der Waals surface area (Å²) in [4.78, 5) is 31.4. The van der Waals surface area contributed by atoms with E-state index in [1.807, 2.05) is 6.92 Å². The number of nitrogens with one attached hydrogen (secondary N) is 2. The van der Waals surface area contributed by atoms with Crippen molar-refractivity contribution in [1.29, 1.82) is 0 Å². The van der Waals surface area contributed by atoms with Gasteiger partial charge in [-0.15, -0.1) is 11.3 Å². The Kier molecular flexibility index (Phi) is 4.91. The number of anilines is 1. The van der Waals surface area contributed by atoms with Gasteiger partial charge < -0.3 is 9.84 Å². The van der Waals surface area contributed by atoms with E-state index in [4.69, 9.17) is 4.52 Å². The van der Waals surface area contributed by atoms with Gasteiger partial charge in [0, 0.05) is 37.0 Å². The number of nitrogens with zero attached hydrogens (tertiary/aromatic N) is 3. The van der Waals surface area contributed by atoms with Crippen molar-refractivity contribution in [3.05, 3.63) is 28.1 Å². The summed E-state index contributed by atoms with van der Waals surface area (Å²) in [6.07, 6.45) is 0.768. The van der Waals surface area contributed by atoms with Gasteiger partial charge in [0.15, 0.2) is 10.8 Å². The van der Waals surface area contributed by atoms with Crippen LogP contribution < -0.4 is 10.6 Å². The van der Waals surface area contributed by atoms with Crippen LogP contribution in [0.3, 0.4) is 0 Å². The first-order chi connectivity index (χ1) is 11.5. The molecule has 0 fully saturated rings. The average Bonchev–Trinajstić information content (AvgIpc) is 3.12. The number of rotatable bonds is 5. The third kappa shape index (κ3) is 3.80. The number of carbonyl (C=O) groups excluding carboxylic acids is 2. The molecule has 0 aromatic carbocycles. The van der Waals surface area contributed by atoms with E-state index in [1.165, 1.54) is 11.3 Å². The van der Waals surface area contributed by atoms with E-state index < -0.39 is 0 Å². The molecular weight excluding hydrogens is 330 g/mol. The largest absolute Gasteiger partial charge is 0.361 e. The van der Waals surface area contributed by atoms with Gasteiger partial charge in [0.1, 0.15) is 5.76 Å². The van der Waals surface area contributed by atoms with Crippen LogP contribution >= 0.6 is 11.3 Å². The summed E-state index contributed by atoms with van der Waals surface area (Å²) < 4.78 is 4.90. The number of aryl methyl sites for hydroxylation is 1. The maximum absolute atomic E-state index is 12.1. The van der Waals surface area contributed by atoms with Crippen molar-refractivity contribution in [3.8, 4) is 0 Å². The van der Waals surface area contributed by atoms with E-state index in [1.54, 1.807) is 13.0 Å². The molecule has 9 heteroatoms. The molecule has 3 rings (SSSR count). The van der Waals surface area contributed by atoms with E-state index in [0.717, 1.165) is 23.5 Å². The number of thiazole rings is 1. The number of amides is 2. The summed E-state index contributed by atoms with van der Waals surface area (Å²) in [5.41, 5.74) is 1.22. The van der Waals surface area contributed by atoms with Crippen molar-refractivity contribution < 1.29 is 14.1 Å². The van der Waals surface area contributed by atoms with Crippen molar-refractivity contribution in [1.82, 2.24) is 20.4 Å². The molecule has 2 amide bonds. The Hall–Kier alpha value is -2.26. The molecule has 0 saturated heterocycles. The smallest absolute Gasteiger partial charge is 0.279 e. The van der Waals surface area contributed by atoms with Crippen LogP contribution in [-0.4, -0.2) is 46.5 Å². The van der Waals surface area contributed by atoms with Crippen molar-refractivity contribution in [2.75, 3.05) is 25.0 Å². The Balaban J connectivity index is 1.62. The zero-order chi connectivity index (χ0) is 17.1. The summed E-state index contributed by atoms with van der Waals surface area (Å²) in [6.45, 7) is 6.10. The van der Waals surface area contributed by atoms with Gasteiger partial charge in [0.25, 0.3) is 5.91 Å². The molecule has 0 radical (unpaired) electrons. The van der Waals surface area contributed by atoms with Gasteiger partial charge in [-0.05, 0) is 13.8 Å². The monoisotopic (exact) mass is 349 g/mol. The minimum Gasteiger partial charge on any atom is -0.361 e. The second-order valence-electron chi connectivity index (χ2n) is 5.58. The maximum Gasteiger partial charge on any atom is 0.279 e. The fourth-order valence-corrected chi connectivity index (χ4v) is 3.57. The first-order valence-electron chi connectivity index (χ1n) is 7.77. The van der Waals surface area contributed by atoms with Crippen LogP contribution in [0.2, 0.25) is 0 Å². The maximum atomic E-state index is 12.1. The van der Waals surface area contributed by atoms with Gasteiger partial charge in [-0.3, -0.25) is 19.8 Å². The highest BCUT2D eigenvalue weighted by atomic mass is 32.1. The number of aromatic nitrogens is 2. The van der Waals surface area contributed by atoms with Crippen LogP contribution in [-0.2, 0) is 17.8 Å². The number of hydrogen-bond acceptors (Lipinski definition) is 7. The quantitative estimate of drug-likeness (QED) is 0.841. The summed E-state index contributed by atoms with van der Waals surface area (Å²) >= 11 is 1.43. The Labute approximate surface area is 143 Å². The van der Waals surface area contributed by atoms with E-state index in [0.29, 0.717) is 30.5 Å². The first kappa shape index (κ1) is 16.6. The van der Waals surface area contributed by atoms with Crippen LogP contribution in [0.15, 0.2) is 10.6 Å². The molecule has 0 bridgehead atoms. The van der Waals surface area contributed by atoms with Crippen molar-refractivity contribution in [2.24, 2.45) is 0 Å². The lowest BCUT2D eigenvalue weighted by Crippen LogP contribution is -2.39. The fourth-order valence-electron chi connectivity index (χ4n) is 2.53. The number of fused-ring (bicyclic) bond motifs is 1. The Morgan fingerprint density at radius 3 is 3.00 bits per heavy atom. The van der Waals surface area contributed by atoms with Gasteiger partial charge in [-0.1, -0.05) is 5.16 Å². The molecule has 0 saturated carbocycles. The molecule has 2 aromatic rings. The average molecular weight is 349 g/mol. The zero-order valence-electron chi connectivity index (χ0n) is 13.6. The minimum absolute atomic E-state index is 0.0281. The van der Waals surface area contributed by atoms with Crippen LogP contribution in [0.4, 0.5) is 5.13 Å². The molecule has 128 valence electrons. The van der Waals surface area contributed by atoms with Gasteiger partial charge >= 0.3 is 0 Å². The highest BCUT2D eigenvalue weighted by molar-refractivity contribution is 7.15. The predicted octanol–water partition coefficient (Wildman–Crippen LogP) is 1.19. The molecule has 2 N–H and O–H groups in total. The standard InChI is InChI=1S/C15H19N5O3S/c1-3-16-13(21)8-20-5-4-10-12(7-20)24-15(17-10)18-14(22)11-6-9(2)23-19-11/h6H,3-5,7-8H2,1-2H3,(H,16,21)(H,17,18,22). The molecule has 1 aliphatic rings. The third-order valence-corrected chi connectivity index (χ3v) is 4.63. The topological polar surface area (TPSA) is 100 Å². The Morgan fingerprint density at radius 1 is 1.46 bits per heavy atom. The minimum atomic E-state index is -0.336. The highest BCUT2D eigenvalue weighted by Gasteiger charge is 2.23. The molecule has 0 spiro atoms. The lowest BCUT2D eigenvalue weighted by atomic mass is 10.2. The number of hydrogen-bond donors (Lipinski definition) is 2. The molecule has 1 aliphatic heterocycles. The second-order valence-corrected chi connectivity index (χ2v) is 6.66. The summed E-state index contributed by atoms with van der Waals surface area (Å²) in [5, 5.41) is 9.80. The van der Waals surface area contributed by atoms with Gasteiger partial charge in [-0.2, -0.15) is 0 Å². The van der Waals surface area contributed by atoms with Gasteiger partial charge in [0.05, 0.1) is 12.2 Å². The molecule has 2 aromatic heterocycles. The summed E-state index contributed by atoms with van der Waals surface area (Å²) in [6, 6.07) is 1.58. The molecule has 24 heavy (non-hydrogen) atoms. The first-order valence-corrected chi connectivity index (χ1v) is 8.59. The summed E-state index contributed by atoms with van der Waals surface area (Å²) in [7, 11) is 0. The van der Waals surface area contributed by atoms with E-state index >= 15 is 0 Å². The summed E-state index contributed by atoms with van der Waals surface area (Å²) in [5.74, 6) is 0.275. The predicted molar refractivity (Wildman–Crippen MR) is 89.0 cm³/mol. The second kappa shape index (κ2) is 7.10. The lowest BCUT2D eigenvalue weighted by molar-refractivity contribution is -0.122. The normalized spacial score (nSPS) is 14.2. The lowest BCUT2D eigenvalue weighted by Gasteiger charge is -2.24. The van der Waals surface area contributed by atoms with Gasteiger partial charge in [-0.25, -0.2) is 4.98 Å². The van der Waals surface area contributed by atoms with Crippen LogP contribution in [0.25, 0.3) is 0 Å². The van der Waals surface area contributed by atoms with E-state index in [9.17, 15) is 9.59 Å². The highest BCUT2D eigenvalue weighted by Crippen LogP contribution is 2.28. The molecule has 8 nitrogen and oxygen atoms in total. The molecule has 0 unspecified atom stereocenters. The molecular formula is C15H19N5O3S. The third-order valence-electron chi connectivity index (χ3n) is 3.63. The SMILES string of the molecule is CCNC(=O)CN1CCc2nc(NC(=O)c3cc(C)on3)sc2C1. The van der Waals surface area contributed by atoms with Crippen LogP contribution in [0.1, 0.15) is 33.7 Å². The van der Waals surface area contributed by atoms with Crippen molar-refractivity contribution in [2.45, 2.75) is 26.8 Å². The van der Waals surface area contributed by atoms with Crippen molar-refractivity contribution >= 4 is 28.3 Å². The van der Waals surface area contributed by atoms with Crippen LogP contribution in [0.5, 0.6) is 0 Å². The van der Waals surface area contributed by atoms with E-state index in [2.05, 4.69) is 25.7 Å². The van der Waals surface area contributed by atoms with Crippen molar-refractivity contribution in [3.63, 3.8) is 0 Å². The Bertz CT molecular complexity index is 754. The Morgan fingerprint density at radius 2 is 2.29 bits per heavy atom. The van der Waals surface area contributed by atoms with Gasteiger partial charge in [0.2, 0.25) is 5.91 Å². The van der Waals surface area contributed by atoms with Crippen LogP contribution in [0, 0.1) is 6.92 Å². The molecule has 3 heterocycles. The van der Waals surface area contributed by atoms with E-state index in [-0.39, 0.29) is 17.5 Å². The molecule has 0 atom stereocenters. The number of likely N-dealkylation sites (N-methyl/N-ethyl adjacent to an activating group) is 1. The fraction of sp³-hybridized carbons (Fsp3) is 0.467. The molecule has 0 aliphatic carbocycles. The zero-order valence-corrected chi connectivity index (χ0v) is 14.4.